The summed E-state index contributed by atoms with van der Waals surface area (Å²) in [6.07, 6.45) is 3.82. The first-order chi connectivity index (χ1) is 12.8. The second-order valence-electron chi connectivity index (χ2n) is 7.98. The van der Waals surface area contributed by atoms with Crippen LogP contribution in [0.2, 0.25) is 0 Å². The van der Waals surface area contributed by atoms with Gasteiger partial charge >= 0.3 is 5.97 Å². The Hall–Kier alpha value is -1.47. The second kappa shape index (κ2) is 8.27. The Bertz CT molecular complexity index is 599. The fourth-order valence-corrected chi connectivity index (χ4v) is 4.58. The van der Waals surface area contributed by atoms with Gasteiger partial charge in [-0.3, -0.25) is 4.79 Å². The number of aliphatic hydroxyl groups excluding tert-OH is 2. The van der Waals surface area contributed by atoms with Crippen LogP contribution >= 0.6 is 0 Å². The molecule has 6 atom stereocenters. The molecule has 2 aliphatic carbocycles. The van der Waals surface area contributed by atoms with Gasteiger partial charge < -0.3 is 20.1 Å². The zero-order valence-electron chi connectivity index (χ0n) is 15.3. The third kappa shape index (κ3) is 4.35. The number of carboxylic acids is 1. The van der Waals surface area contributed by atoms with Crippen LogP contribution in [0.4, 0.5) is 8.78 Å². The highest BCUT2D eigenvalue weighted by Crippen LogP contribution is 2.47. The van der Waals surface area contributed by atoms with Crippen molar-refractivity contribution in [2.45, 2.75) is 81.5 Å². The quantitative estimate of drug-likeness (QED) is 0.462. The van der Waals surface area contributed by atoms with E-state index in [0.717, 1.165) is 12.8 Å². The van der Waals surface area contributed by atoms with Crippen LogP contribution in [0.15, 0.2) is 24.0 Å². The summed E-state index contributed by atoms with van der Waals surface area (Å²) >= 11 is 0. The number of aliphatic carboxylic acids is 1. The lowest BCUT2D eigenvalue weighted by atomic mass is 9.88. The van der Waals surface area contributed by atoms with Gasteiger partial charge in [-0.25, -0.2) is 8.78 Å². The summed E-state index contributed by atoms with van der Waals surface area (Å²) in [4.78, 5) is 10.5. The molecule has 0 aromatic carbocycles. The highest BCUT2D eigenvalue weighted by molar-refractivity contribution is 5.66. The zero-order chi connectivity index (χ0) is 19.6. The lowest BCUT2D eigenvalue weighted by molar-refractivity contribution is -0.137. The van der Waals surface area contributed by atoms with Crippen molar-refractivity contribution in [1.29, 1.82) is 0 Å². The number of aliphatic hydroxyl groups is 2. The molecule has 2 saturated carbocycles. The molecule has 0 bridgehead atoms. The van der Waals surface area contributed by atoms with E-state index in [1.54, 1.807) is 12.2 Å². The number of fused-ring (bicyclic) bond motifs is 1. The second-order valence-corrected chi connectivity index (χ2v) is 7.98. The fraction of sp³-hybridized carbons (Fsp3) is 0.750. The van der Waals surface area contributed by atoms with Crippen molar-refractivity contribution in [3.63, 3.8) is 0 Å². The van der Waals surface area contributed by atoms with E-state index in [1.807, 2.05) is 0 Å². The molecule has 27 heavy (non-hydrogen) atoms. The average molecular weight is 386 g/mol. The van der Waals surface area contributed by atoms with Crippen molar-refractivity contribution >= 4 is 5.97 Å². The van der Waals surface area contributed by atoms with Gasteiger partial charge in [-0.2, -0.15) is 0 Å². The lowest BCUT2D eigenvalue weighted by Gasteiger charge is -2.24. The summed E-state index contributed by atoms with van der Waals surface area (Å²) < 4.78 is 35.1. The molecule has 0 aromatic rings. The lowest BCUT2D eigenvalue weighted by Crippen LogP contribution is -2.34. The Morgan fingerprint density at radius 2 is 2.07 bits per heavy atom. The molecular weight excluding hydrogens is 358 g/mol. The molecule has 1 aliphatic heterocycles. The van der Waals surface area contributed by atoms with E-state index >= 15 is 0 Å². The van der Waals surface area contributed by atoms with E-state index in [2.05, 4.69) is 0 Å². The Morgan fingerprint density at radius 1 is 1.37 bits per heavy atom. The van der Waals surface area contributed by atoms with Gasteiger partial charge in [-0.15, -0.1) is 0 Å². The highest BCUT2D eigenvalue weighted by atomic mass is 19.1. The monoisotopic (exact) mass is 386 g/mol. The Kier molecular flexibility index (Phi) is 6.21. The number of allylic oxidation sites excluding steroid dienone is 2. The zero-order valence-corrected chi connectivity index (χ0v) is 15.3. The van der Waals surface area contributed by atoms with Gasteiger partial charge in [0.25, 0.3) is 0 Å². The normalized spacial score (nSPS) is 37.6. The summed E-state index contributed by atoms with van der Waals surface area (Å²) in [5.74, 6) is -1.82. The topological polar surface area (TPSA) is 87.0 Å². The van der Waals surface area contributed by atoms with Gasteiger partial charge in [0, 0.05) is 24.7 Å². The van der Waals surface area contributed by atoms with E-state index in [0.29, 0.717) is 25.7 Å². The molecule has 3 N–H and O–H groups in total. The predicted molar refractivity (Wildman–Crippen MR) is 94.4 cm³/mol. The van der Waals surface area contributed by atoms with Crippen molar-refractivity contribution in [2.75, 3.05) is 0 Å². The third-order valence-electron chi connectivity index (χ3n) is 6.11. The SMILES string of the molecule is O=C(O)CCC/C=C1/OC2CC(O)C(/C=C/C(O)C3(F)CCCC3)C2C1F. The van der Waals surface area contributed by atoms with Gasteiger partial charge in [-0.05, 0) is 31.8 Å². The summed E-state index contributed by atoms with van der Waals surface area (Å²) in [6, 6.07) is 0. The molecule has 7 heteroatoms. The maximum Gasteiger partial charge on any atom is 0.303 e. The van der Waals surface area contributed by atoms with Crippen LogP contribution in [0.3, 0.4) is 0 Å². The largest absolute Gasteiger partial charge is 0.491 e. The van der Waals surface area contributed by atoms with E-state index < -0.39 is 48.0 Å². The van der Waals surface area contributed by atoms with Crippen LogP contribution in [0.5, 0.6) is 0 Å². The molecule has 1 saturated heterocycles. The summed E-state index contributed by atoms with van der Waals surface area (Å²) in [5.41, 5.74) is -1.63. The molecule has 0 aromatic heterocycles. The molecule has 6 unspecified atom stereocenters. The molecular formula is C20H28F2O5. The summed E-state index contributed by atoms with van der Waals surface area (Å²) in [6.45, 7) is 0. The van der Waals surface area contributed by atoms with Crippen molar-refractivity contribution in [1.82, 2.24) is 0 Å². The molecule has 5 nitrogen and oxygen atoms in total. The Balaban J connectivity index is 1.62. The first-order valence-electron chi connectivity index (χ1n) is 9.78. The standard InChI is InChI=1S/C20H28F2O5/c21-19-14(5-1-2-6-17(25)26)27-15-11-13(23)12(18(15)19)7-8-16(24)20(22)9-3-4-10-20/h5,7-8,12-13,15-16,18-19,23-24H,1-4,6,9-11H2,(H,25,26)/b8-7+,14-5+. The number of halogens is 2. The minimum Gasteiger partial charge on any atom is -0.491 e. The first-order valence-corrected chi connectivity index (χ1v) is 9.78. The number of hydrogen-bond acceptors (Lipinski definition) is 4. The predicted octanol–water partition coefficient (Wildman–Crippen LogP) is 3.06. The summed E-state index contributed by atoms with van der Waals surface area (Å²) in [7, 11) is 0. The maximum absolute atomic E-state index is 14.9. The van der Waals surface area contributed by atoms with Crippen molar-refractivity contribution in [2.24, 2.45) is 11.8 Å². The average Bonchev–Trinajstić information content (AvgIpc) is 3.26. The van der Waals surface area contributed by atoms with Gasteiger partial charge in [0.1, 0.15) is 23.6 Å². The van der Waals surface area contributed by atoms with E-state index in [4.69, 9.17) is 9.84 Å². The van der Waals surface area contributed by atoms with Crippen molar-refractivity contribution in [3.05, 3.63) is 24.0 Å². The minimum absolute atomic E-state index is 0.0144. The van der Waals surface area contributed by atoms with E-state index in [-0.39, 0.29) is 18.6 Å². The third-order valence-corrected chi connectivity index (χ3v) is 6.11. The van der Waals surface area contributed by atoms with Crippen LogP contribution in [0.1, 0.15) is 51.4 Å². The van der Waals surface area contributed by atoms with Crippen LogP contribution in [-0.2, 0) is 9.53 Å². The summed E-state index contributed by atoms with van der Waals surface area (Å²) in [5, 5.41) is 29.1. The van der Waals surface area contributed by atoms with Gasteiger partial charge in [-0.1, -0.05) is 25.0 Å². The number of alkyl halides is 2. The Morgan fingerprint density at radius 3 is 2.74 bits per heavy atom. The molecule has 0 amide bonds. The molecule has 3 rings (SSSR count). The van der Waals surface area contributed by atoms with Gasteiger partial charge in [0.2, 0.25) is 0 Å². The van der Waals surface area contributed by atoms with Crippen LogP contribution in [0.25, 0.3) is 0 Å². The number of unbranched alkanes of at least 4 members (excludes halogenated alkanes) is 1. The van der Waals surface area contributed by atoms with Crippen molar-refractivity contribution in [3.8, 4) is 0 Å². The molecule has 152 valence electrons. The van der Waals surface area contributed by atoms with E-state index in [9.17, 15) is 23.8 Å². The van der Waals surface area contributed by atoms with Crippen LogP contribution < -0.4 is 0 Å². The number of ether oxygens (including phenoxy) is 1. The minimum atomic E-state index is -1.63. The number of rotatable bonds is 7. The molecule has 3 fully saturated rings. The molecule has 1 heterocycles. The fourth-order valence-electron chi connectivity index (χ4n) is 4.58. The molecule has 0 spiro atoms. The van der Waals surface area contributed by atoms with Gasteiger partial charge in [0.15, 0.2) is 6.17 Å². The maximum atomic E-state index is 14.9. The first kappa shape index (κ1) is 20.3. The number of carboxylic acid groups (broad SMARTS) is 1. The van der Waals surface area contributed by atoms with Crippen LogP contribution in [0, 0.1) is 11.8 Å². The van der Waals surface area contributed by atoms with E-state index in [1.165, 1.54) is 6.08 Å². The highest BCUT2D eigenvalue weighted by Gasteiger charge is 2.53. The number of hydrogen-bond donors (Lipinski definition) is 3. The van der Waals surface area contributed by atoms with Crippen LogP contribution in [-0.4, -0.2) is 51.4 Å². The number of carbonyl (C=O) groups is 1. The van der Waals surface area contributed by atoms with Gasteiger partial charge in [0.05, 0.1) is 6.10 Å². The molecule has 0 radical (unpaired) electrons. The Labute approximate surface area is 157 Å². The van der Waals surface area contributed by atoms with Crippen molar-refractivity contribution < 1.29 is 33.6 Å². The smallest absolute Gasteiger partial charge is 0.303 e. The molecule has 3 aliphatic rings.